The Morgan fingerprint density at radius 3 is 3.08 bits per heavy atom. The number of hydrogen-bond acceptors (Lipinski definition) is 4. The molecule has 0 aliphatic rings. The molecule has 0 spiro atoms. The fourth-order valence-electron chi connectivity index (χ4n) is 0.831. The zero-order valence-corrected chi connectivity index (χ0v) is 7.56. The van der Waals surface area contributed by atoms with E-state index in [2.05, 4.69) is 10.2 Å². The molecular formula is C9H12N2O2. The van der Waals surface area contributed by atoms with Crippen molar-refractivity contribution in [2.24, 2.45) is 0 Å². The minimum absolute atomic E-state index is 0.248. The molecule has 4 nitrogen and oxygen atoms in total. The minimum atomic E-state index is -0.248. The lowest BCUT2D eigenvalue weighted by Crippen LogP contribution is -2.08. The zero-order valence-electron chi connectivity index (χ0n) is 7.56. The van der Waals surface area contributed by atoms with Crippen LogP contribution in [0, 0.1) is 0 Å². The van der Waals surface area contributed by atoms with Crippen molar-refractivity contribution >= 4 is 5.97 Å². The summed E-state index contributed by atoms with van der Waals surface area (Å²) in [5.74, 6) is 0.0194. The molecule has 1 rings (SSSR count). The lowest BCUT2D eigenvalue weighted by atomic mass is 10.2. The number of ether oxygens (including phenoxy) is 1. The molecule has 1 aromatic heterocycles. The molecule has 0 radical (unpaired) electrons. The molecule has 0 bridgehead atoms. The molecule has 70 valence electrons. The number of unbranched alkanes of at least 4 members (excludes halogenated alkanes) is 1. The molecule has 0 aromatic carbocycles. The molecule has 1 aromatic rings. The summed E-state index contributed by atoms with van der Waals surface area (Å²) >= 11 is 0. The van der Waals surface area contributed by atoms with E-state index in [-0.39, 0.29) is 11.8 Å². The lowest BCUT2D eigenvalue weighted by molar-refractivity contribution is -0.134. The van der Waals surface area contributed by atoms with E-state index in [1.807, 2.05) is 6.92 Å². The summed E-state index contributed by atoms with van der Waals surface area (Å²) in [5.41, 5.74) is 0. The van der Waals surface area contributed by atoms with Crippen molar-refractivity contribution in [1.29, 1.82) is 0 Å². The van der Waals surface area contributed by atoms with Crippen LogP contribution in [-0.4, -0.2) is 16.2 Å². The molecule has 0 atom stereocenters. The van der Waals surface area contributed by atoms with Crippen molar-refractivity contribution in [2.75, 3.05) is 0 Å². The van der Waals surface area contributed by atoms with Crippen LogP contribution in [0.25, 0.3) is 0 Å². The Kier molecular flexibility index (Phi) is 3.88. The van der Waals surface area contributed by atoms with Gasteiger partial charge in [-0.2, -0.15) is 5.10 Å². The van der Waals surface area contributed by atoms with Gasteiger partial charge in [-0.3, -0.25) is 4.79 Å². The maximum Gasteiger partial charge on any atom is 0.312 e. The van der Waals surface area contributed by atoms with Crippen molar-refractivity contribution in [3.05, 3.63) is 18.3 Å². The molecule has 0 fully saturated rings. The van der Waals surface area contributed by atoms with E-state index in [1.54, 1.807) is 12.1 Å². The van der Waals surface area contributed by atoms with Crippen molar-refractivity contribution < 1.29 is 9.53 Å². The first-order valence-electron chi connectivity index (χ1n) is 4.31. The molecule has 0 aliphatic carbocycles. The first kappa shape index (κ1) is 9.64. The van der Waals surface area contributed by atoms with Gasteiger partial charge in [-0.15, -0.1) is 5.10 Å². The quantitative estimate of drug-likeness (QED) is 0.660. The van der Waals surface area contributed by atoms with Gasteiger partial charge in [-0.1, -0.05) is 13.3 Å². The molecule has 0 aliphatic heterocycles. The Bertz CT molecular complexity index is 262. The molecule has 1 heterocycles. The van der Waals surface area contributed by atoms with Crippen molar-refractivity contribution in [3.63, 3.8) is 0 Å². The molecule has 0 unspecified atom stereocenters. The Morgan fingerprint density at radius 2 is 2.46 bits per heavy atom. The molecule has 0 saturated heterocycles. The second-order valence-corrected chi connectivity index (χ2v) is 2.64. The van der Waals surface area contributed by atoms with E-state index < -0.39 is 0 Å². The number of esters is 1. The van der Waals surface area contributed by atoms with Crippen LogP contribution < -0.4 is 4.74 Å². The summed E-state index contributed by atoms with van der Waals surface area (Å²) in [6.07, 6.45) is 3.80. The largest absolute Gasteiger partial charge is 0.406 e. The number of aromatic nitrogens is 2. The molecule has 0 N–H and O–H groups in total. The van der Waals surface area contributed by atoms with Gasteiger partial charge >= 0.3 is 5.97 Å². The highest BCUT2D eigenvalue weighted by Gasteiger charge is 2.03. The lowest BCUT2D eigenvalue weighted by Gasteiger charge is -2.00. The Labute approximate surface area is 76.9 Å². The average molecular weight is 180 g/mol. The summed E-state index contributed by atoms with van der Waals surface area (Å²) in [6, 6.07) is 3.28. The molecule has 0 amide bonds. The van der Waals surface area contributed by atoms with E-state index in [0.29, 0.717) is 6.42 Å². The van der Waals surface area contributed by atoms with E-state index in [4.69, 9.17) is 4.74 Å². The maximum atomic E-state index is 11.1. The SMILES string of the molecule is CCCCC(=O)Oc1cccnn1. The topological polar surface area (TPSA) is 52.1 Å². The third kappa shape index (κ3) is 3.64. The van der Waals surface area contributed by atoms with Gasteiger partial charge in [0.15, 0.2) is 0 Å². The van der Waals surface area contributed by atoms with E-state index in [9.17, 15) is 4.79 Å². The summed E-state index contributed by atoms with van der Waals surface area (Å²) in [6.45, 7) is 2.02. The van der Waals surface area contributed by atoms with E-state index >= 15 is 0 Å². The highest BCUT2D eigenvalue weighted by molar-refractivity contribution is 5.71. The monoisotopic (exact) mass is 180 g/mol. The van der Waals surface area contributed by atoms with Crippen LogP contribution in [0.15, 0.2) is 18.3 Å². The van der Waals surface area contributed by atoms with Crippen LogP contribution in [0.3, 0.4) is 0 Å². The van der Waals surface area contributed by atoms with Crippen LogP contribution in [-0.2, 0) is 4.79 Å². The summed E-state index contributed by atoms with van der Waals surface area (Å²) < 4.78 is 4.90. The van der Waals surface area contributed by atoms with Gasteiger partial charge in [-0.25, -0.2) is 0 Å². The molecule has 4 heteroatoms. The molecule has 13 heavy (non-hydrogen) atoms. The predicted molar refractivity (Wildman–Crippen MR) is 47.2 cm³/mol. The fourth-order valence-corrected chi connectivity index (χ4v) is 0.831. The first-order chi connectivity index (χ1) is 6.33. The fraction of sp³-hybridized carbons (Fsp3) is 0.444. The second kappa shape index (κ2) is 5.24. The number of carbonyl (C=O) groups is 1. The second-order valence-electron chi connectivity index (χ2n) is 2.64. The number of hydrogen-bond donors (Lipinski definition) is 0. The molecule has 0 saturated carbocycles. The summed E-state index contributed by atoms with van der Waals surface area (Å²) in [4.78, 5) is 11.1. The van der Waals surface area contributed by atoms with Gasteiger partial charge in [0, 0.05) is 18.7 Å². The van der Waals surface area contributed by atoms with E-state index in [0.717, 1.165) is 12.8 Å². The maximum absolute atomic E-state index is 11.1. The Hall–Kier alpha value is -1.45. The standard InChI is InChI=1S/C9H12N2O2/c1-2-3-6-9(12)13-8-5-4-7-10-11-8/h4-5,7H,2-3,6H2,1H3. The summed E-state index contributed by atoms with van der Waals surface area (Å²) in [5, 5.41) is 7.22. The summed E-state index contributed by atoms with van der Waals surface area (Å²) in [7, 11) is 0. The average Bonchev–Trinajstić information content (AvgIpc) is 2.16. The van der Waals surface area contributed by atoms with Gasteiger partial charge in [0.2, 0.25) is 5.88 Å². The van der Waals surface area contributed by atoms with Gasteiger partial charge in [0.1, 0.15) is 0 Å². The van der Waals surface area contributed by atoms with Gasteiger partial charge in [-0.05, 0) is 12.5 Å². The minimum Gasteiger partial charge on any atom is -0.406 e. The van der Waals surface area contributed by atoms with Crippen molar-refractivity contribution in [1.82, 2.24) is 10.2 Å². The molecular weight excluding hydrogens is 168 g/mol. The highest BCUT2D eigenvalue weighted by atomic mass is 16.5. The third-order valence-electron chi connectivity index (χ3n) is 1.50. The van der Waals surface area contributed by atoms with Crippen LogP contribution >= 0.6 is 0 Å². The van der Waals surface area contributed by atoms with Gasteiger partial charge < -0.3 is 4.74 Å². The first-order valence-corrected chi connectivity index (χ1v) is 4.31. The van der Waals surface area contributed by atoms with Crippen LogP contribution in [0.2, 0.25) is 0 Å². The predicted octanol–water partition coefficient (Wildman–Crippen LogP) is 1.57. The Morgan fingerprint density at radius 1 is 1.62 bits per heavy atom. The normalized spacial score (nSPS) is 9.62. The number of carbonyl (C=O) groups excluding carboxylic acids is 1. The van der Waals surface area contributed by atoms with Gasteiger partial charge in [0.25, 0.3) is 0 Å². The van der Waals surface area contributed by atoms with Crippen molar-refractivity contribution in [2.45, 2.75) is 26.2 Å². The van der Waals surface area contributed by atoms with Crippen LogP contribution in [0.1, 0.15) is 26.2 Å². The number of nitrogens with zero attached hydrogens (tertiary/aromatic N) is 2. The van der Waals surface area contributed by atoms with Crippen LogP contribution in [0.4, 0.5) is 0 Å². The third-order valence-corrected chi connectivity index (χ3v) is 1.50. The van der Waals surface area contributed by atoms with Crippen LogP contribution in [0.5, 0.6) is 5.88 Å². The van der Waals surface area contributed by atoms with E-state index in [1.165, 1.54) is 6.20 Å². The Balaban J connectivity index is 2.37. The van der Waals surface area contributed by atoms with Crippen molar-refractivity contribution in [3.8, 4) is 5.88 Å². The number of rotatable bonds is 4. The zero-order chi connectivity index (χ0) is 9.52. The highest BCUT2D eigenvalue weighted by Crippen LogP contribution is 2.04. The smallest absolute Gasteiger partial charge is 0.312 e. The van der Waals surface area contributed by atoms with Gasteiger partial charge in [0.05, 0.1) is 0 Å².